The van der Waals surface area contributed by atoms with Crippen molar-refractivity contribution in [1.29, 1.82) is 0 Å². The van der Waals surface area contributed by atoms with Crippen molar-refractivity contribution in [2.75, 3.05) is 12.4 Å². The highest BCUT2D eigenvalue weighted by molar-refractivity contribution is 6.31. The Morgan fingerprint density at radius 1 is 1.36 bits per heavy atom. The van der Waals surface area contributed by atoms with Crippen LogP contribution in [0.3, 0.4) is 0 Å². The number of fused-ring (bicyclic) bond motifs is 1. The smallest absolute Gasteiger partial charge is 0.276 e. The number of nitrogens with zero attached hydrogens (tertiary/aromatic N) is 2. The molecule has 0 unspecified atom stereocenters. The van der Waals surface area contributed by atoms with Gasteiger partial charge in [0.05, 0.1) is 23.2 Å². The average molecular weight is 361 g/mol. The maximum absolute atomic E-state index is 12.6. The van der Waals surface area contributed by atoms with Crippen LogP contribution in [0.1, 0.15) is 16.1 Å². The summed E-state index contributed by atoms with van der Waals surface area (Å²) in [6, 6.07) is 7.42. The Morgan fingerprint density at radius 3 is 2.80 bits per heavy atom. The summed E-state index contributed by atoms with van der Waals surface area (Å²) in [7, 11) is 1.46. The van der Waals surface area contributed by atoms with Crippen molar-refractivity contribution in [2.24, 2.45) is 0 Å². The van der Waals surface area contributed by atoms with E-state index in [2.05, 4.69) is 15.5 Å². The number of carbonyl (C=O) groups is 1. The molecule has 0 spiro atoms. The normalized spacial score (nSPS) is 10.7. The van der Waals surface area contributed by atoms with Gasteiger partial charge in [0, 0.05) is 28.6 Å². The van der Waals surface area contributed by atoms with Gasteiger partial charge in [-0.3, -0.25) is 20.0 Å². The van der Waals surface area contributed by atoms with Crippen LogP contribution in [0, 0.1) is 17.0 Å². The predicted octanol–water partition coefficient (Wildman–Crippen LogP) is 3.69. The highest BCUT2D eigenvalue weighted by atomic mass is 35.5. The van der Waals surface area contributed by atoms with Crippen molar-refractivity contribution in [2.45, 2.75) is 6.92 Å². The van der Waals surface area contributed by atoms with E-state index in [9.17, 15) is 14.9 Å². The third-order valence-corrected chi connectivity index (χ3v) is 4.11. The van der Waals surface area contributed by atoms with E-state index in [1.165, 1.54) is 25.3 Å². The third kappa shape index (κ3) is 3.11. The van der Waals surface area contributed by atoms with Crippen LogP contribution in [0.4, 0.5) is 11.4 Å². The first-order chi connectivity index (χ1) is 11.9. The molecule has 25 heavy (non-hydrogen) atoms. The number of rotatable bonds is 4. The average Bonchev–Trinajstić information content (AvgIpc) is 3.01. The van der Waals surface area contributed by atoms with Gasteiger partial charge in [-0.1, -0.05) is 11.6 Å². The monoisotopic (exact) mass is 360 g/mol. The van der Waals surface area contributed by atoms with Crippen molar-refractivity contribution in [3.05, 3.63) is 56.7 Å². The number of hydrogen-bond donors (Lipinski definition) is 2. The largest absolute Gasteiger partial charge is 0.495 e. The van der Waals surface area contributed by atoms with Crippen molar-refractivity contribution >= 4 is 39.8 Å². The van der Waals surface area contributed by atoms with E-state index < -0.39 is 10.8 Å². The van der Waals surface area contributed by atoms with Crippen LogP contribution in [-0.2, 0) is 0 Å². The molecule has 3 rings (SSSR count). The van der Waals surface area contributed by atoms with Crippen molar-refractivity contribution in [3.63, 3.8) is 0 Å². The number of H-pyrrole nitrogens is 1. The second-order valence-corrected chi connectivity index (χ2v) is 5.72. The van der Waals surface area contributed by atoms with E-state index in [4.69, 9.17) is 16.3 Å². The SMILES string of the molecule is COc1cc(Cl)c(C)cc1NC(=O)c1n[nH]c2ccc([N+](=O)[O-])cc12. The Morgan fingerprint density at radius 2 is 2.12 bits per heavy atom. The van der Waals surface area contributed by atoms with Gasteiger partial charge >= 0.3 is 0 Å². The molecule has 2 aromatic carbocycles. The Labute approximate surface area is 146 Å². The number of hydrogen-bond acceptors (Lipinski definition) is 5. The van der Waals surface area contributed by atoms with E-state index >= 15 is 0 Å². The first-order valence-electron chi connectivity index (χ1n) is 7.18. The number of nitro groups is 1. The molecule has 1 amide bonds. The lowest BCUT2D eigenvalue weighted by molar-refractivity contribution is -0.384. The Balaban J connectivity index is 1.99. The zero-order valence-corrected chi connectivity index (χ0v) is 14.0. The molecule has 1 heterocycles. The first kappa shape index (κ1) is 16.7. The number of halogens is 1. The number of anilines is 1. The molecule has 0 aliphatic heterocycles. The molecule has 0 aliphatic rings. The minimum atomic E-state index is -0.528. The van der Waals surface area contributed by atoms with Gasteiger partial charge < -0.3 is 10.1 Å². The maximum atomic E-state index is 12.6. The van der Waals surface area contributed by atoms with Gasteiger partial charge in [0.15, 0.2) is 5.69 Å². The van der Waals surface area contributed by atoms with E-state index in [-0.39, 0.29) is 11.4 Å². The fourth-order valence-electron chi connectivity index (χ4n) is 2.40. The second-order valence-electron chi connectivity index (χ2n) is 5.32. The summed E-state index contributed by atoms with van der Waals surface area (Å²) < 4.78 is 5.22. The molecule has 0 saturated carbocycles. The number of carbonyl (C=O) groups excluding carboxylic acids is 1. The summed E-state index contributed by atoms with van der Waals surface area (Å²) in [5, 5.41) is 21.1. The molecule has 0 bridgehead atoms. The molecule has 128 valence electrons. The Kier molecular flexibility index (Phi) is 4.28. The molecule has 0 saturated heterocycles. The number of non-ortho nitro benzene ring substituents is 1. The quantitative estimate of drug-likeness (QED) is 0.544. The molecule has 3 aromatic rings. The lowest BCUT2D eigenvalue weighted by atomic mass is 10.1. The number of aromatic amines is 1. The molecule has 0 radical (unpaired) electrons. The van der Waals surface area contributed by atoms with E-state index in [0.717, 1.165) is 5.56 Å². The number of amides is 1. The van der Waals surface area contributed by atoms with Crippen molar-refractivity contribution in [1.82, 2.24) is 10.2 Å². The number of benzene rings is 2. The lowest BCUT2D eigenvalue weighted by Gasteiger charge is -2.11. The van der Waals surface area contributed by atoms with Crippen LogP contribution in [0.15, 0.2) is 30.3 Å². The third-order valence-electron chi connectivity index (χ3n) is 3.70. The van der Waals surface area contributed by atoms with Crippen LogP contribution >= 0.6 is 11.6 Å². The van der Waals surface area contributed by atoms with Crippen LogP contribution in [0.5, 0.6) is 5.75 Å². The molecule has 0 fully saturated rings. The van der Waals surface area contributed by atoms with E-state index in [1.54, 1.807) is 19.1 Å². The topological polar surface area (TPSA) is 110 Å². The fraction of sp³-hybridized carbons (Fsp3) is 0.125. The van der Waals surface area contributed by atoms with Gasteiger partial charge in [-0.05, 0) is 24.6 Å². The van der Waals surface area contributed by atoms with Gasteiger partial charge in [-0.15, -0.1) is 0 Å². The lowest BCUT2D eigenvalue weighted by Crippen LogP contribution is -2.13. The zero-order chi connectivity index (χ0) is 18.1. The number of aryl methyl sites for hydroxylation is 1. The molecule has 8 nitrogen and oxygen atoms in total. The maximum Gasteiger partial charge on any atom is 0.276 e. The van der Waals surface area contributed by atoms with Crippen LogP contribution < -0.4 is 10.1 Å². The second kappa shape index (κ2) is 6.40. The summed E-state index contributed by atoms with van der Waals surface area (Å²) in [6.07, 6.45) is 0. The Bertz CT molecular complexity index is 999. The summed E-state index contributed by atoms with van der Waals surface area (Å²) in [4.78, 5) is 23.0. The molecule has 1 aromatic heterocycles. The zero-order valence-electron chi connectivity index (χ0n) is 13.3. The number of ether oxygens (including phenoxy) is 1. The van der Waals surface area contributed by atoms with E-state index in [0.29, 0.717) is 27.4 Å². The number of methoxy groups -OCH3 is 1. The highest BCUT2D eigenvalue weighted by Gasteiger charge is 2.19. The standard InChI is InChI=1S/C16H13ClN4O4/c1-8-5-13(14(25-2)7-11(8)17)18-16(22)15-10-6-9(21(23)24)3-4-12(10)19-20-15/h3-7H,1-2H3,(H,18,22)(H,19,20). The van der Waals surface area contributed by atoms with Crippen molar-refractivity contribution in [3.8, 4) is 5.75 Å². The number of nitro benzene ring substituents is 1. The van der Waals surface area contributed by atoms with Crippen LogP contribution in [-0.4, -0.2) is 28.1 Å². The predicted molar refractivity (Wildman–Crippen MR) is 93.4 cm³/mol. The summed E-state index contributed by atoms with van der Waals surface area (Å²) in [6.45, 7) is 1.80. The minimum absolute atomic E-state index is 0.0494. The molecular formula is C16H13ClN4O4. The van der Waals surface area contributed by atoms with Crippen molar-refractivity contribution < 1.29 is 14.5 Å². The molecule has 2 N–H and O–H groups in total. The first-order valence-corrected chi connectivity index (χ1v) is 7.56. The van der Waals surface area contributed by atoms with Gasteiger partial charge in [-0.25, -0.2) is 0 Å². The highest BCUT2D eigenvalue weighted by Crippen LogP contribution is 2.31. The number of nitrogens with one attached hydrogen (secondary N) is 2. The number of aromatic nitrogens is 2. The van der Waals surface area contributed by atoms with Crippen LogP contribution in [0.2, 0.25) is 5.02 Å². The van der Waals surface area contributed by atoms with Crippen LogP contribution in [0.25, 0.3) is 10.9 Å². The summed E-state index contributed by atoms with van der Waals surface area (Å²) >= 11 is 6.05. The summed E-state index contributed by atoms with van der Waals surface area (Å²) in [5.74, 6) is -0.124. The van der Waals surface area contributed by atoms with E-state index in [1.807, 2.05) is 0 Å². The van der Waals surface area contributed by atoms with Gasteiger partial charge in [-0.2, -0.15) is 5.10 Å². The summed E-state index contributed by atoms with van der Waals surface area (Å²) in [5.41, 5.74) is 1.64. The molecule has 0 aliphatic carbocycles. The molecular weight excluding hydrogens is 348 g/mol. The van der Waals surface area contributed by atoms with Gasteiger partial charge in [0.25, 0.3) is 11.6 Å². The van der Waals surface area contributed by atoms with Gasteiger partial charge in [0.1, 0.15) is 5.75 Å². The molecule has 0 atom stereocenters. The molecule has 9 heteroatoms. The van der Waals surface area contributed by atoms with Gasteiger partial charge in [0.2, 0.25) is 0 Å². The minimum Gasteiger partial charge on any atom is -0.495 e. The fourth-order valence-corrected chi connectivity index (χ4v) is 2.55. The Hall–Kier alpha value is -3.13.